The van der Waals surface area contributed by atoms with E-state index in [1.54, 1.807) is 0 Å². The van der Waals surface area contributed by atoms with Crippen LogP contribution in [0.15, 0.2) is 35.9 Å². The van der Waals surface area contributed by atoms with Gasteiger partial charge in [0.2, 0.25) is 0 Å². The third kappa shape index (κ3) is 4.85. The molecule has 0 saturated heterocycles. The molecular weight excluding hydrogens is 212 g/mol. The Balaban J connectivity index is 2.48. The number of hydrogen-bond donors (Lipinski definition) is 0. The summed E-state index contributed by atoms with van der Waals surface area (Å²) in [6.07, 6.45) is 1.91. The van der Waals surface area contributed by atoms with Crippen LogP contribution < -0.4 is 0 Å². The van der Waals surface area contributed by atoms with Crippen molar-refractivity contribution in [3.63, 3.8) is 0 Å². The Morgan fingerprint density at radius 2 is 1.88 bits per heavy atom. The van der Waals surface area contributed by atoms with Gasteiger partial charge < -0.3 is 4.74 Å². The van der Waals surface area contributed by atoms with E-state index in [0.717, 1.165) is 11.1 Å². The molecule has 0 heterocycles. The summed E-state index contributed by atoms with van der Waals surface area (Å²) in [6.45, 7) is 8.19. The Bertz CT molecular complexity index is 397. The lowest BCUT2D eigenvalue weighted by molar-refractivity contribution is -0.147. The maximum atomic E-state index is 11.7. The van der Waals surface area contributed by atoms with Gasteiger partial charge in [0.05, 0.1) is 5.92 Å². The van der Waals surface area contributed by atoms with Crippen LogP contribution in [0.3, 0.4) is 0 Å². The molecule has 0 saturated carbocycles. The summed E-state index contributed by atoms with van der Waals surface area (Å²) in [4.78, 5) is 11.7. The highest BCUT2D eigenvalue weighted by Crippen LogP contribution is 2.09. The first kappa shape index (κ1) is 13.5. The molecule has 0 N–H and O–H groups in total. The fourth-order valence-electron chi connectivity index (χ4n) is 1.54. The van der Waals surface area contributed by atoms with Crippen LogP contribution in [0.4, 0.5) is 0 Å². The zero-order chi connectivity index (χ0) is 12.8. The van der Waals surface area contributed by atoms with Crippen LogP contribution in [0.25, 0.3) is 0 Å². The molecule has 2 nitrogen and oxygen atoms in total. The lowest BCUT2D eigenvalue weighted by Gasteiger charge is -2.08. The summed E-state index contributed by atoms with van der Waals surface area (Å²) in [5, 5.41) is 0. The maximum absolute atomic E-state index is 11.7. The number of carbonyl (C=O) groups excluding carboxylic acids is 1. The van der Waals surface area contributed by atoms with E-state index in [1.165, 1.54) is 5.56 Å². The summed E-state index contributed by atoms with van der Waals surface area (Å²) >= 11 is 0. The third-order valence-electron chi connectivity index (χ3n) is 2.46. The number of esters is 1. The minimum absolute atomic E-state index is 0.174. The number of rotatable bonds is 4. The molecule has 0 radical (unpaired) electrons. The molecule has 92 valence electrons. The Morgan fingerprint density at radius 3 is 2.41 bits per heavy atom. The average molecular weight is 232 g/mol. The van der Waals surface area contributed by atoms with Crippen LogP contribution in [0, 0.1) is 12.8 Å². The van der Waals surface area contributed by atoms with Crippen molar-refractivity contribution < 1.29 is 9.53 Å². The molecule has 0 bridgehead atoms. The van der Waals surface area contributed by atoms with Crippen LogP contribution in [-0.2, 0) is 16.1 Å². The molecule has 1 aromatic rings. The molecule has 0 aliphatic rings. The number of carbonyl (C=O) groups is 1. The predicted octanol–water partition coefficient (Wildman–Crippen LogP) is 3.64. The SMILES string of the molecule is CC(C)=C[C@H](C)C(=O)OCc1ccc(C)cc1. The van der Waals surface area contributed by atoms with E-state index in [-0.39, 0.29) is 11.9 Å². The van der Waals surface area contributed by atoms with Crippen molar-refractivity contribution in [1.29, 1.82) is 0 Å². The first-order valence-corrected chi connectivity index (χ1v) is 5.86. The molecule has 0 amide bonds. The lowest BCUT2D eigenvalue weighted by atomic mass is 10.1. The highest BCUT2D eigenvalue weighted by atomic mass is 16.5. The predicted molar refractivity (Wildman–Crippen MR) is 69.6 cm³/mol. The van der Waals surface area contributed by atoms with Gasteiger partial charge in [0.25, 0.3) is 0 Å². The summed E-state index contributed by atoms with van der Waals surface area (Å²) in [7, 11) is 0. The zero-order valence-electron chi connectivity index (χ0n) is 11.0. The van der Waals surface area contributed by atoms with Gasteiger partial charge in [-0.3, -0.25) is 4.79 Å². The molecule has 1 atom stereocenters. The summed E-state index contributed by atoms with van der Waals surface area (Å²) in [5.74, 6) is -0.350. The number of hydrogen-bond acceptors (Lipinski definition) is 2. The molecule has 0 aliphatic carbocycles. The highest BCUT2D eigenvalue weighted by Gasteiger charge is 2.11. The van der Waals surface area contributed by atoms with E-state index >= 15 is 0 Å². The number of allylic oxidation sites excluding steroid dienone is 1. The monoisotopic (exact) mass is 232 g/mol. The van der Waals surface area contributed by atoms with Crippen molar-refractivity contribution in [1.82, 2.24) is 0 Å². The van der Waals surface area contributed by atoms with Gasteiger partial charge in [0, 0.05) is 0 Å². The largest absolute Gasteiger partial charge is 0.460 e. The fourth-order valence-corrected chi connectivity index (χ4v) is 1.54. The normalized spacial score (nSPS) is 11.8. The summed E-state index contributed by atoms with van der Waals surface area (Å²) < 4.78 is 5.25. The standard InChI is InChI=1S/C15H20O2/c1-11(2)9-13(4)15(16)17-10-14-7-5-12(3)6-8-14/h5-9,13H,10H2,1-4H3/t13-/m0/s1. The smallest absolute Gasteiger partial charge is 0.312 e. The van der Waals surface area contributed by atoms with Gasteiger partial charge in [-0.25, -0.2) is 0 Å². The molecule has 2 heteroatoms. The van der Waals surface area contributed by atoms with Gasteiger partial charge in [-0.15, -0.1) is 0 Å². The molecule has 0 unspecified atom stereocenters. The van der Waals surface area contributed by atoms with E-state index < -0.39 is 0 Å². The van der Waals surface area contributed by atoms with Crippen LogP contribution in [0.5, 0.6) is 0 Å². The molecule has 1 rings (SSSR count). The molecule has 0 spiro atoms. The molecule has 0 aromatic heterocycles. The molecule has 17 heavy (non-hydrogen) atoms. The van der Waals surface area contributed by atoms with E-state index in [2.05, 4.69) is 0 Å². The second-order valence-corrected chi connectivity index (χ2v) is 4.63. The molecular formula is C15H20O2. The molecule has 0 aliphatic heterocycles. The number of ether oxygens (including phenoxy) is 1. The Labute approximate surface area is 103 Å². The first-order valence-electron chi connectivity index (χ1n) is 5.86. The van der Waals surface area contributed by atoms with Crippen LogP contribution >= 0.6 is 0 Å². The van der Waals surface area contributed by atoms with E-state index in [1.807, 2.05) is 58.0 Å². The van der Waals surface area contributed by atoms with Crippen LogP contribution in [-0.4, -0.2) is 5.97 Å². The van der Waals surface area contributed by atoms with Crippen molar-refractivity contribution >= 4 is 5.97 Å². The Hall–Kier alpha value is -1.57. The van der Waals surface area contributed by atoms with Crippen molar-refractivity contribution in [2.75, 3.05) is 0 Å². The van der Waals surface area contributed by atoms with Gasteiger partial charge in [0.15, 0.2) is 0 Å². The second-order valence-electron chi connectivity index (χ2n) is 4.63. The van der Waals surface area contributed by atoms with Crippen molar-refractivity contribution in [2.24, 2.45) is 5.92 Å². The van der Waals surface area contributed by atoms with Crippen LogP contribution in [0.1, 0.15) is 31.9 Å². The van der Waals surface area contributed by atoms with E-state index in [4.69, 9.17) is 4.74 Å². The van der Waals surface area contributed by atoms with E-state index in [0.29, 0.717) is 6.61 Å². The summed E-state index contributed by atoms with van der Waals surface area (Å²) in [5.41, 5.74) is 3.36. The van der Waals surface area contributed by atoms with E-state index in [9.17, 15) is 4.79 Å². The van der Waals surface area contributed by atoms with Gasteiger partial charge in [-0.05, 0) is 33.3 Å². The lowest BCUT2D eigenvalue weighted by Crippen LogP contribution is -2.13. The minimum Gasteiger partial charge on any atom is -0.460 e. The topological polar surface area (TPSA) is 26.3 Å². The van der Waals surface area contributed by atoms with Gasteiger partial charge in [0.1, 0.15) is 6.61 Å². The summed E-state index contributed by atoms with van der Waals surface area (Å²) in [6, 6.07) is 7.99. The van der Waals surface area contributed by atoms with Gasteiger partial charge >= 0.3 is 5.97 Å². The quantitative estimate of drug-likeness (QED) is 0.585. The highest BCUT2D eigenvalue weighted by molar-refractivity contribution is 5.74. The van der Waals surface area contributed by atoms with Gasteiger partial charge in [-0.2, -0.15) is 0 Å². The first-order chi connectivity index (χ1) is 7.99. The van der Waals surface area contributed by atoms with Crippen molar-refractivity contribution in [3.05, 3.63) is 47.0 Å². The average Bonchev–Trinajstić information content (AvgIpc) is 2.27. The zero-order valence-corrected chi connectivity index (χ0v) is 11.0. The number of aryl methyl sites for hydroxylation is 1. The molecule has 1 aromatic carbocycles. The maximum Gasteiger partial charge on any atom is 0.312 e. The van der Waals surface area contributed by atoms with Crippen LogP contribution in [0.2, 0.25) is 0 Å². The Kier molecular flexibility index (Phi) is 4.95. The van der Waals surface area contributed by atoms with Gasteiger partial charge in [-0.1, -0.05) is 41.5 Å². The minimum atomic E-state index is -0.176. The van der Waals surface area contributed by atoms with Crippen molar-refractivity contribution in [2.45, 2.75) is 34.3 Å². The molecule has 0 fully saturated rings. The Morgan fingerprint density at radius 1 is 1.29 bits per heavy atom. The van der Waals surface area contributed by atoms with Crippen molar-refractivity contribution in [3.8, 4) is 0 Å². The second kappa shape index (κ2) is 6.24. The fraction of sp³-hybridized carbons (Fsp3) is 0.400. The third-order valence-corrected chi connectivity index (χ3v) is 2.46. The number of benzene rings is 1.